The van der Waals surface area contributed by atoms with Gasteiger partial charge in [-0.1, -0.05) is 18.2 Å². The number of aromatic nitrogens is 2. The lowest BCUT2D eigenvalue weighted by Crippen LogP contribution is -2.28. The zero-order valence-electron chi connectivity index (χ0n) is 11.4. The number of hydrogen-bond donors (Lipinski definition) is 0. The van der Waals surface area contributed by atoms with Crippen molar-refractivity contribution in [3.8, 4) is 0 Å². The van der Waals surface area contributed by atoms with E-state index in [2.05, 4.69) is 9.97 Å². The Labute approximate surface area is 117 Å². The largest absolute Gasteiger partial charge is 0.336 e. The molecular weight excluding hydrogens is 254 g/mol. The highest BCUT2D eigenvalue weighted by Gasteiger charge is 2.16. The van der Waals surface area contributed by atoms with Gasteiger partial charge in [-0.3, -0.25) is 9.59 Å². The van der Waals surface area contributed by atoms with Gasteiger partial charge in [0.2, 0.25) is 0 Å². The molecule has 5 heteroatoms. The number of amides is 1. The molecule has 0 aliphatic rings. The molecule has 0 aliphatic heterocycles. The van der Waals surface area contributed by atoms with Crippen molar-refractivity contribution in [2.75, 3.05) is 7.05 Å². The SMILES string of the molecule is Cc1cncnc1CN(C)C(=O)c1ccccc1C=O. The van der Waals surface area contributed by atoms with Gasteiger partial charge in [-0.15, -0.1) is 0 Å². The minimum atomic E-state index is -0.203. The highest BCUT2D eigenvalue weighted by atomic mass is 16.2. The minimum Gasteiger partial charge on any atom is -0.336 e. The maximum absolute atomic E-state index is 12.4. The molecule has 2 rings (SSSR count). The van der Waals surface area contributed by atoms with E-state index in [1.165, 1.54) is 11.2 Å². The van der Waals surface area contributed by atoms with E-state index in [1.807, 2.05) is 6.92 Å². The molecule has 1 heterocycles. The highest BCUT2D eigenvalue weighted by Crippen LogP contribution is 2.12. The van der Waals surface area contributed by atoms with E-state index in [0.29, 0.717) is 24.0 Å². The van der Waals surface area contributed by atoms with E-state index < -0.39 is 0 Å². The Morgan fingerprint density at radius 2 is 2.10 bits per heavy atom. The molecule has 0 radical (unpaired) electrons. The van der Waals surface area contributed by atoms with E-state index in [-0.39, 0.29) is 5.91 Å². The van der Waals surface area contributed by atoms with Gasteiger partial charge >= 0.3 is 0 Å². The molecule has 1 aromatic carbocycles. The first-order valence-corrected chi connectivity index (χ1v) is 6.18. The van der Waals surface area contributed by atoms with Crippen molar-refractivity contribution in [2.45, 2.75) is 13.5 Å². The van der Waals surface area contributed by atoms with Gasteiger partial charge in [0.25, 0.3) is 5.91 Å². The second-order valence-electron chi connectivity index (χ2n) is 4.52. The molecule has 1 amide bonds. The maximum Gasteiger partial charge on any atom is 0.254 e. The molecule has 0 unspecified atom stereocenters. The first-order chi connectivity index (χ1) is 9.63. The lowest BCUT2D eigenvalue weighted by molar-refractivity contribution is 0.0780. The summed E-state index contributed by atoms with van der Waals surface area (Å²) < 4.78 is 0. The molecule has 0 bridgehead atoms. The van der Waals surface area contributed by atoms with E-state index in [1.54, 1.807) is 37.5 Å². The highest BCUT2D eigenvalue weighted by molar-refractivity contribution is 6.01. The Kier molecular flexibility index (Phi) is 4.20. The number of hydrogen-bond acceptors (Lipinski definition) is 4. The molecule has 2 aromatic rings. The third kappa shape index (κ3) is 2.88. The summed E-state index contributed by atoms with van der Waals surface area (Å²) in [6.07, 6.45) is 3.86. The summed E-state index contributed by atoms with van der Waals surface area (Å²) >= 11 is 0. The molecule has 20 heavy (non-hydrogen) atoms. The second-order valence-corrected chi connectivity index (χ2v) is 4.52. The van der Waals surface area contributed by atoms with Crippen LogP contribution in [0.25, 0.3) is 0 Å². The van der Waals surface area contributed by atoms with Gasteiger partial charge in [0.1, 0.15) is 6.33 Å². The van der Waals surface area contributed by atoms with Crippen molar-refractivity contribution in [1.29, 1.82) is 0 Å². The smallest absolute Gasteiger partial charge is 0.254 e. The Balaban J connectivity index is 2.21. The third-order valence-electron chi connectivity index (χ3n) is 3.06. The average Bonchev–Trinajstić information content (AvgIpc) is 2.48. The van der Waals surface area contributed by atoms with Crippen LogP contribution >= 0.6 is 0 Å². The summed E-state index contributed by atoms with van der Waals surface area (Å²) in [4.78, 5) is 33.0. The summed E-state index contributed by atoms with van der Waals surface area (Å²) in [6, 6.07) is 6.75. The van der Waals surface area contributed by atoms with Crippen molar-refractivity contribution in [2.24, 2.45) is 0 Å². The molecule has 0 saturated carbocycles. The van der Waals surface area contributed by atoms with Gasteiger partial charge in [-0.25, -0.2) is 9.97 Å². The Bertz CT molecular complexity index is 641. The van der Waals surface area contributed by atoms with Crippen LogP contribution in [0.1, 0.15) is 32.0 Å². The van der Waals surface area contributed by atoms with Gasteiger partial charge in [-0.05, 0) is 18.6 Å². The number of rotatable bonds is 4. The summed E-state index contributed by atoms with van der Waals surface area (Å²) in [6.45, 7) is 2.27. The molecule has 0 N–H and O–H groups in total. The van der Waals surface area contributed by atoms with Crippen molar-refractivity contribution in [1.82, 2.24) is 14.9 Å². The van der Waals surface area contributed by atoms with Crippen LogP contribution in [0.4, 0.5) is 0 Å². The van der Waals surface area contributed by atoms with Crippen molar-refractivity contribution >= 4 is 12.2 Å². The Morgan fingerprint density at radius 3 is 2.80 bits per heavy atom. The van der Waals surface area contributed by atoms with E-state index in [9.17, 15) is 9.59 Å². The van der Waals surface area contributed by atoms with E-state index >= 15 is 0 Å². The number of carbonyl (C=O) groups is 2. The quantitative estimate of drug-likeness (QED) is 0.795. The molecule has 0 spiro atoms. The molecule has 0 saturated heterocycles. The van der Waals surface area contributed by atoms with Crippen molar-refractivity contribution < 1.29 is 9.59 Å². The number of nitrogens with zero attached hydrogens (tertiary/aromatic N) is 3. The molecule has 0 aliphatic carbocycles. The molecule has 0 atom stereocenters. The molecule has 5 nitrogen and oxygen atoms in total. The van der Waals surface area contributed by atoms with Gasteiger partial charge in [0, 0.05) is 18.8 Å². The fourth-order valence-corrected chi connectivity index (χ4v) is 1.89. The molecule has 102 valence electrons. The van der Waals surface area contributed by atoms with Crippen LogP contribution in [0.15, 0.2) is 36.8 Å². The maximum atomic E-state index is 12.4. The number of benzene rings is 1. The normalized spacial score (nSPS) is 10.1. The second kappa shape index (κ2) is 6.06. The zero-order chi connectivity index (χ0) is 14.5. The Hall–Kier alpha value is -2.56. The topological polar surface area (TPSA) is 63.2 Å². The van der Waals surface area contributed by atoms with Gasteiger partial charge in [-0.2, -0.15) is 0 Å². The number of carbonyl (C=O) groups excluding carboxylic acids is 2. The van der Waals surface area contributed by atoms with Crippen LogP contribution in [0.3, 0.4) is 0 Å². The van der Waals surface area contributed by atoms with Crippen LogP contribution in [0.2, 0.25) is 0 Å². The lowest BCUT2D eigenvalue weighted by Gasteiger charge is -2.18. The third-order valence-corrected chi connectivity index (χ3v) is 3.06. The summed E-state index contributed by atoms with van der Waals surface area (Å²) in [5.41, 5.74) is 2.51. The predicted molar refractivity (Wildman–Crippen MR) is 74.4 cm³/mol. The van der Waals surface area contributed by atoms with Crippen LogP contribution in [0.5, 0.6) is 0 Å². The van der Waals surface area contributed by atoms with Crippen LogP contribution < -0.4 is 0 Å². The first kappa shape index (κ1) is 13.9. The van der Waals surface area contributed by atoms with Gasteiger partial charge < -0.3 is 4.90 Å². The van der Waals surface area contributed by atoms with Crippen LogP contribution in [-0.2, 0) is 6.54 Å². The molecule has 0 fully saturated rings. The van der Waals surface area contributed by atoms with E-state index in [0.717, 1.165) is 11.3 Å². The zero-order valence-corrected chi connectivity index (χ0v) is 11.4. The molecular formula is C15H15N3O2. The first-order valence-electron chi connectivity index (χ1n) is 6.18. The predicted octanol–water partition coefficient (Wildman–Crippen LogP) is 1.87. The monoisotopic (exact) mass is 269 g/mol. The average molecular weight is 269 g/mol. The fraction of sp³-hybridized carbons (Fsp3) is 0.200. The van der Waals surface area contributed by atoms with E-state index in [4.69, 9.17) is 0 Å². The number of aryl methyl sites for hydroxylation is 1. The summed E-state index contributed by atoms with van der Waals surface area (Å²) in [5, 5.41) is 0. The van der Waals surface area contributed by atoms with Crippen LogP contribution in [0, 0.1) is 6.92 Å². The molecule has 1 aromatic heterocycles. The van der Waals surface area contributed by atoms with Crippen molar-refractivity contribution in [3.63, 3.8) is 0 Å². The number of aldehydes is 1. The summed E-state index contributed by atoms with van der Waals surface area (Å²) in [5.74, 6) is -0.203. The fourth-order valence-electron chi connectivity index (χ4n) is 1.89. The van der Waals surface area contributed by atoms with Gasteiger partial charge in [0.15, 0.2) is 6.29 Å². The Morgan fingerprint density at radius 1 is 1.35 bits per heavy atom. The minimum absolute atomic E-state index is 0.203. The lowest BCUT2D eigenvalue weighted by atomic mass is 10.1. The van der Waals surface area contributed by atoms with Gasteiger partial charge in [0.05, 0.1) is 17.8 Å². The van der Waals surface area contributed by atoms with Crippen LogP contribution in [-0.4, -0.2) is 34.1 Å². The standard InChI is InChI=1S/C15H15N3O2/c1-11-7-16-10-17-14(11)8-18(2)15(20)13-6-4-3-5-12(13)9-19/h3-7,9-10H,8H2,1-2H3. The summed E-state index contributed by atoms with van der Waals surface area (Å²) in [7, 11) is 1.69. The van der Waals surface area contributed by atoms with Crippen molar-refractivity contribution in [3.05, 3.63) is 59.2 Å².